The van der Waals surface area contributed by atoms with Crippen molar-refractivity contribution >= 4 is 27.9 Å². The van der Waals surface area contributed by atoms with Crippen LogP contribution in [0.2, 0.25) is 0 Å². The molecule has 184 valence electrons. The van der Waals surface area contributed by atoms with Gasteiger partial charge in [0.2, 0.25) is 5.82 Å². The molecule has 0 fully saturated rings. The number of esters is 2. The summed E-state index contributed by atoms with van der Waals surface area (Å²) in [6.07, 6.45) is -4.34. The largest absolute Gasteiger partial charge is 0.491 e. The van der Waals surface area contributed by atoms with Crippen LogP contribution in [0.15, 0.2) is 45.8 Å². The van der Waals surface area contributed by atoms with Crippen molar-refractivity contribution in [1.82, 2.24) is 14.5 Å². The molecule has 0 bridgehead atoms. The second-order valence-electron chi connectivity index (χ2n) is 6.93. The molecule has 0 N–H and O–H groups in total. The molecule has 0 aliphatic rings. The molecule has 8 nitrogen and oxygen atoms in total. The van der Waals surface area contributed by atoms with Gasteiger partial charge in [0.25, 0.3) is 5.56 Å². The van der Waals surface area contributed by atoms with E-state index in [0.717, 1.165) is 12.3 Å². The standard InChI is InChI=1S/C21H13BrF5N3O5/c1-10-6-15(34-9-11-2-3-12(23)7-14(11)24)16(22)18(31)30(10)8-13-4-5-28-17(29-13)19(32)35-20(33)21(25,26)27/h2-7H,8-9H2,1H3. The first kappa shape index (κ1) is 25.9. The third kappa shape index (κ3) is 6.26. The summed E-state index contributed by atoms with van der Waals surface area (Å²) in [4.78, 5) is 42.6. The van der Waals surface area contributed by atoms with Gasteiger partial charge in [-0.25, -0.2) is 28.3 Å². The summed E-state index contributed by atoms with van der Waals surface area (Å²) >= 11 is 3.10. The SMILES string of the molecule is Cc1cc(OCc2ccc(F)cc2F)c(Br)c(=O)n1Cc1ccnc(C(=O)OC(=O)C(F)(F)F)n1. The van der Waals surface area contributed by atoms with E-state index in [1.54, 1.807) is 0 Å². The number of pyridine rings is 1. The molecule has 3 rings (SSSR count). The van der Waals surface area contributed by atoms with Crippen molar-refractivity contribution in [2.45, 2.75) is 26.3 Å². The average molecular weight is 562 g/mol. The van der Waals surface area contributed by atoms with Crippen LogP contribution in [-0.4, -0.2) is 32.6 Å². The Labute approximate surface area is 201 Å². The second-order valence-corrected chi connectivity index (χ2v) is 7.72. The van der Waals surface area contributed by atoms with E-state index in [9.17, 15) is 36.3 Å². The van der Waals surface area contributed by atoms with Gasteiger partial charge in [-0.1, -0.05) is 0 Å². The summed E-state index contributed by atoms with van der Waals surface area (Å²) < 4.78 is 74.1. The number of hydrogen-bond donors (Lipinski definition) is 0. The van der Waals surface area contributed by atoms with Crippen LogP contribution < -0.4 is 10.3 Å². The van der Waals surface area contributed by atoms with E-state index in [0.29, 0.717) is 11.8 Å². The lowest BCUT2D eigenvalue weighted by molar-refractivity contribution is -0.193. The molecule has 0 saturated carbocycles. The van der Waals surface area contributed by atoms with Gasteiger partial charge < -0.3 is 14.0 Å². The van der Waals surface area contributed by atoms with Crippen LogP contribution in [0.4, 0.5) is 22.0 Å². The maximum Gasteiger partial charge on any atom is 0.491 e. The van der Waals surface area contributed by atoms with Crippen molar-refractivity contribution in [2.75, 3.05) is 0 Å². The number of nitrogens with zero attached hydrogens (tertiary/aromatic N) is 3. The van der Waals surface area contributed by atoms with Crippen LogP contribution in [0.3, 0.4) is 0 Å². The minimum absolute atomic E-state index is 0.0323. The Kier molecular flexibility index (Phi) is 7.63. The highest BCUT2D eigenvalue weighted by Gasteiger charge is 2.43. The fraction of sp³-hybridized carbons (Fsp3) is 0.190. The van der Waals surface area contributed by atoms with Gasteiger partial charge in [-0.3, -0.25) is 4.79 Å². The highest BCUT2D eigenvalue weighted by atomic mass is 79.9. The Morgan fingerprint density at radius 1 is 1.14 bits per heavy atom. The highest BCUT2D eigenvalue weighted by Crippen LogP contribution is 2.24. The van der Waals surface area contributed by atoms with Gasteiger partial charge >= 0.3 is 18.1 Å². The predicted octanol–water partition coefficient (Wildman–Crippen LogP) is 3.86. The molecule has 3 aromatic rings. The number of hydrogen-bond acceptors (Lipinski definition) is 7. The molecule has 14 heteroatoms. The smallest absolute Gasteiger partial charge is 0.487 e. The Hall–Kier alpha value is -3.68. The molecule has 0 aliphatic heterocycles. The molecule has 0 atom stereocenters. The Balaban J connectivity index is 1.79. The van der Waals surface area contributed by atoms with E-state index in [1.807, 2.05) is 0 Å². The third-order valence-corrected chi connectivity index (χ3v) is 5.18. The van der Waals surface area contributed by atoms with Crippen LogP contribution >= 0.6 is 15.9 Å². The molecule has 0 unspecified atom stereocenters. The topological polar surface area (TPSA) is 100 Å². The second kappa shape index (κ2) is 10.3. The van der Waals surface area contributed by atoms with E-state index < -0.39 is 41.1 Å². The van der Waals surface area contributed by atoms with Gasteiger partial charge in [-0.05, 0) is 41.1 Å². The zero-order valence-corrected chi connectivity index (χ0v) is 19.1. The summed E-state index contributed by atoms with van der Waals surface area (Å²) in [5.41, 5.74) is -0.146. The van der Waals surface area contributed by atoms with E-state index in [1.165, 1.54) is 29.7 Å². The van der Waals surface area contributed by atoms with Gasteiger partial charge in [-0.2, -0.15) is 13.2 Å². The van der Waals surface area contributed by atoms with Gasteiger partial charge in [0.05, 0.1) is 12.2 Å². The predicted molar refractivity (Wildman–Crippen MR) is 111 cm³/mol. The van der Waals surface area contributed by atoms with Gasteiger partial charge in [-0.15, -0.1) is 0 Å². The lowest BCUT2D eigenvalue weighted by atomic mass is 10.2. The third-order valence-electron chi connectivity index (χ3n) is 4.45. The van der Waals surface area contributed by atoms with Crippen LogP contribution in [0.5, 0.6) is 5.75 Å². The van der Waals surface area contributed by atoms with Gasteiger partial charge in [0.1, 0.15) is 28.5 Å². The number of ether oxygens (including phenoxy) is 2. The summed E-state index contributed by atoms with van der Waals surface area (Å²) in [5.74, 6) is -6.74. The van der Waals surface area contributed by atoms with E-state index in [2.05, 4.69) is 30.6 Å². The summed E-state index contributed by atoms with van der Waals surface area (Å²) in [5, 5.41) is 0. The number of benzene rings is 1. The molecule has 0 aliphatic carbocycles. The normalized spacial score (nSPS) is 11.3. The molecule has 0 radical (unpaired) electrons. The number of halogens is 6. The molecular formula is C21H13BrF5N3O5. The van der Waals surface area contributed by atoms with Crippen molar-refractivity contribution in [1.29, 1.82) is 0 Å². The molecule has 1 aromatic carbocycles. The minimum atomic E-state index is -5.38. The molecule has 35 heavy (non-hydrogen) atoms. The first-order valence-electron chi connectivity index (χ1n) is 9.48. The highest BCUT2D eigenvalue weighted by molar-refractivity contribution is 9.10. The maximum atomic E-state index is 13.8. The van der Waals surface area contributed by atoms with Crippen molar-refractivity contribution in [3.8, 4) is 5.75 Å². The molecule has 0 saturated heterocycles. The van der Waals surface area contributed by atoms with Crippen LogP contribution in [0.1, 0.15) is 27.6 Å². The average Bonchev–Trinajstić information content (AvgIpc) is 2.78. The Morgan fingerprint density at radius 3 is 2.51 bits per heavy atom. The van der Waals surface area contributed by atoms with E-state index >= 15 is 0 Å². The zero-order valence-electron chi connectivity index (χ0n) is 17.5. The summed E-state index contributed by atoms with van der Waals surface area (Å²) in [7, 11) is 0. The fourth-order valence-corrected chi connectivity index (χ4v) is 3.19. The van der Waals surface area contributed by atoms with Crippen molar-refractivity contribution in [2.24, 2.45) is 0 Å². The first-order chi connectivity index (χ1) is 16.4. The number of carbonyl (C=O) groups excluding carboxylic acids is 2. The van der Waals surface area contributed by atoms with Crippen molar-refractivity contribution < 1.29 is 41.0 Å². The Morgan fingerprint density at radius 2 is 1.86 bits per heavy atom. The number of aryl methyl sites for hydroxylation is 1. The van der Waals surface area contributed by atoms with E-state index in [4.69, 9.17) is 4.74 Å². The summed E-state index contributed by atoms with van der Waals surface area (Å²) in [6.45, 7) is 1.02. The molecule has 0 spiro atoms. The van der Waals surface area contributed by atoms with Crippen molar-refractivity contribution in [3.63, 3.8) is 0 Å². The maximum absolute atomic E-state index is 13.8. The number of rotatable bonds is 6. The van der Waals surface area contributed by atoms with Crippen LogP contribution in [0.25, 0.3) is 0 Å². The molecular weight excluding hydrogens is 549 g/mol. The molecule has 0 amide bonds. The van der Waals surface area contributed by atoms with Gasteiger partial charge in [0.15, 0.2) is 0 Å². The van der Waals surface area contributed by atoms with Crippen LogP contribution in [0, 0.1) is 18.6 Å². The quantitative estimate of drug-likeness (QED) is 0.256. The number of aromatic nitrogens is 3. The van der Waals surface area contributed by atoms with Crippen LogP contribution in [-0.2, 0) is 22.7 Å². The first-order valence-corrected chi connectivity index (χ1v) is 10.3. The monoisotopic (exact) mass is 561 g/mol. The zero-order chi connectivity index (χ0) is 25.9. The number of carbonyl (C=O) groups is 2. The Bertz CT molecular complexity index is 1360. The lowest BCUT2D eigenvalue weighted by Crippen LogP contribution is -2.29. The fourth-order valence-electron chi connectivity index (χ4n) is 2.74. The molecule has 2 aromatic heterocycles. The molecule has 2 heterocycles. The lowest BCUT2D eigenvalue weighted by Gasteiger charge is -2.15. The van der Waals surface area contributed by atoms with Gasteiger partial charge in [0, 0.05) is 29.6 Å². The number of alkyl halides is 3. The van der Waals surface area contributed by atoms with Crippen molar-refractivity contribution in [3.05, 3.63) is 85.8 Å². The van der Waals surface area contributed by atoms with E-state index in [-0.39, 0.29) is 34.6 Å². The minimum Gasteiger partial charge on any atom is -0.487 e. The summed E-state index contributed by atoms with van der Waals surface area (Å²) in [6, 6.07) is 5.70.